The molecule has 3 aliphatic rings. The molecule has 2 saturated heterocycles. The standard InChI is InChI=1S/C44H56F3N7O6/c1-9-31(50-41(57)59-43(3,4)5)39(55)52-21-26(47)16-27(52)19-30-28-13-11-24(45)17-33(28)48-37(30)38-49-34-18-25(46)12-14-35(34)53(38)22-36-29-15-23(29)20-54(36)40(56)32(10-2)51-42(58)60-44(6,7)8/h11-14,17-18,23,26-27,29,31-32,36,48H,9-10,15-16,19-22H2,1-8H3,(H,50,57)(H,51,58)/t23-,26-,27-,29?,31-,32-,36+/m0/s1. The van der Waals surface area contributed by atoms with Gasteiger partial charge < -0.3 is 39.5 Å². The molecule has 4 amide bonds. The number of rotatable bonds is 11. The Balaban J connectivity index is 1.25. The number of alkyl halides is 1. The molecule has 0 spiro atoms. The molecule has 3 N–H and O–H groups in total. The molecular formula is C44H56F3N7O6. The fourth-order valence-electron chi connectivity index (χ4n) is 8.89. The fraction of sp³-hybridized carbons (Fsp3) is 0.568. The third-order valence-electron chi connectivity index (χ3n) is 11.6. The topological polar surface area (TPSA) is 151 Å². The lowest BCUT2D eigenvalue weighted by molar-refractivity contribution is -0.135. The molecule has 60 heavy (non-hydrogen) atoms. The van der Waals surface area contributed by atoms with Gasteiger partial charge in [0.1, 0.15) is 41.1 Å². The van der Waals surface area contributed by atoms with Crippen molar-refractivity contribution in [2.45, 2.75) is 136 Å². The summed E-state index contributed by atoms with van der Waals surface area (Å²) < 4.78 is 57.9. The molecule has 2 aliphatic heterocycles. The maximum Gasteiger partial charge on any atom is 0.408 e. The summed E-state index contributed by atoms with van der Waals surface area (Å²) >= 11 is 0. The van der Waals surface area contributed by atoms with E-state index < -0.39 is 65.2 Å². The van der Waals surface area contributed by atoms with E-state index in [1.54, 1.807) is 60.6 Å². The summed E-state index contributed by atoms with van der Waals surface area (Å²) in [5.74, 6) is -0.757. The van der Waals surface area contributed by atoms with Crippen LogP contribution >= 0.6 is 0 Å². The lowest BCUT2D eigenvalue weighted by Crippen LogP contribution is -2.52. The van der Waals surface area contributed by atoms with Crippen LogP contribution in [0.25, 0.3) is 33.5 Å². The number of halogens is 3. The van der Waals surface area contributed by atoms with E-state index in [4.69, 9.17) is 14.5 Å². The summed E-state index contributed by atoms with van der Waals surface area (Å²) in [7, 11) is 0. The van der Waals surface area contributed by atoms with Crippen LogP contribution in [0.5, 0.6) is 0 Å². The Labute approximate surface area is 347 Å². The van der Waals surface area contributed by atoms with Gasteiger partial charge in [-0.25, -0.2) is 27.7 Å². The number of carbonyl (C=O) groups is 4. The number of H-pyrrole nitrogens is 1. The van der Waals surface area contributed by atoms with Crippen molar-refractivity contribution < 1.29 is 41.8 Å². The van der Waals surface area contributed by atoms with Gasteiger partial charge in [0.15, 0.2) is 5.82 Å². The highest BCUT2D eigenvalue weighted by atomic mass is 19.1. The number of fused-ring (bicyclic) bond motifs is 3. The Kier molecular flexibility index (Phi) is 11.6. The van der Waals surface area contributed by atoms with Crippen LogP contribution in [0, 0.1) is 23.5 Å². The van der Waals surface area contributed by atoms with Crippen LogP contribution in [-0.2, 0) is 32.0 Å². The highest BCUT2D eigenvalue weighted by Gasteiger charge is 2.55. The molecule has 4 heterocycles. The average Bonchev–Trinajstić information content (AvgIpc) is 3.37. The molecular weight excluding hydrogens is 780 g/mol. The van der Waals surface area contributed by atoms with E-state index in [9.17, 15) is 28.0 Å². The van der Waals surface area contributed by atoms with Gasteiger partial charge >= 0.3 is 12.2 Å². The molecule has 7 rings (SSSR count). The quantitative estimate of drug-likeness (QED) is 0.143. The predicted molar refractivity (Wildman–Crippen MR) is 220 cm³/mol. The summed E-state index contributed by atoms with van der Waals surface area (Å²) in [4.78, 5) is 65.3. The number of aromatic nitrogens is 3. The molecule has 0 radical (unpaired) electrons. The lowest BCUT2D eigenvalue weighted by Gasteiger charge is -2.32. The average molecular weight is 836 g/mol. The monoisotopic (exact) mass is 835 g/mol. The summed E-state index contributed by atoms with van der Waals surface area (Å²) in [6, 6.07) is 5.94. The molecule has 2 aromatic heterocycles. The summed E-state index contributed by atoms with van der Waals surface area (Å²) in [6.45, 7) is 14.6. The minimum Gasteiger partial charge on any atom is -0.444 e. The van der Waals surface area contributed by atoms with Gasteiger partial charge in [-0.1, -0.05) is 13.8 Å². The highest BCUT2D eigenvalue weighted by molar-refractivity contribution is 5.92. The van der Waals surface area contributed by atoms with Gasteiger partial charge in [-0.2, -0.15) is 0 Å². The van der Waals surface area contributed by atoms with Crippen LogP contribution in [0.2, 0.25) is 0 Å². The van der Waals surface area contributed by atoms with Crippen molar-refractivity contribution in [2.24, 2.45) is 11.8 Å². The van der Waals surface area contributed by atoms with E-state index in [2.05, 4.69) is 15.6 Å². The van der Waals surface area contributed by atoms with E-state index in [0.717, 1.165) is 6.42 Å². The normalized spacial score (nSPS) is 22.5. The van der Waals surface area contributed by atoms with Crippen LogP contribution in [0.3, 0.4) is 0 Å². The number of imidazole rings is 1. The number of benzene rings is 2. The second-order valence-electron chi connectivity index (χ2n) is 18.5. The Morgan fingerprint density at radius 1 is 0.850 bits per heavy atom. The lowest BCUT2D eigenvalue weighted by atomic mass is 9.99. The molecule has 4 aromatic rings. The summed E-state index contributed by atoms with van der Waals surface area (Å²) in [5.41, 5.74) is 1.04. The number of hydrogen-bond donors (Lipinski definition) is 3. The Hall–Kier alpha value is -5.28. The molecule has 16 heteroatoms. The second-order valence-corrected chi connectivity index (χ2v) is 18.5. The fourth-order valence-corrected chi connectivity index (χ4v) is 8.89. The largest absolute Gasteiger partial charge is 0.444 e. The maximum absolute atomic E-state index is 15.4. The number of nitrogens with zero attached hydrogens (tertiary/aromatic N) is 4. The first-order valence-electron chi connectivity index (χ1n) is 20.9. The molecule has 1 unspecified atom stereocenters. The van der Waals surface area contributed by atoms with Crippen LogP contribution in [0.15, 0.2) is 36.4 Å². The van der Waals surface area contributed by atoms with Gasteiger partial charge in [0, 0.05) is 42.5 Å². The zero-order valence-corrected chi connectivity index (χ0v) is 35.5. The molecule has 1 saturated carbocycles. The van der Waals surface area contributed by atoms with Gasteiger partial charge in [0.05, 0.1) is 29.3 Å². The van der Waals surface area contributed by atoms with Gasteiger partial charge in [0.25, 0.3) is 0 Å². The Morgan fingerprint density at radius 2 is 1.45 bits per heavy atom. The number of piperidine rings is 1. The van der Waals surface area contributed by atoms with E-state index >= 15 is 4.39 Å². The molecule has 0 bridgehead atoms. The third kappa shape index (κ3) is 9.07. The number of likely N-dealkylation sites (tertiary alicyclic amines) is 2. The SMILES string of the molecule is CC[C@H](NC(=O)OC(C)(C)C)C(=O)N1C[C@@H](F)C[C@H]1Cc1c(-c2nc3cc(F)ccc3n2C[C@@H]2C3C[C@H]3CN2C(=O)[C@H](CC)NC(=O)OC(C)(C)C)[nH]c2cc(F)ccc12. The van der Waals surface area contributed by atoms with Crippen LogP contribution in [-0.4, -0.2) is 103 Å². The van der Waals surface area contributed by atoms with Gasteiger partial charge in [-0.05, 0) is 115 Å². The van der Waals surface area contributed by atoms with Crippen molar-refractivity contribution in [1.29, 1.82) is 0 Å². The number of ether oxygens (including phenoxy) is 2. The van der Waals surface area contributed by atoms with Crippen LogP contribution < -0.4 is 10.6 Å². The van der Waals surface area contributed by atoms with E-state index in [1.165, 1.54) is 29.2 Å². The molecule has 13 nitrogen and oxygen atoms in total. The van der Waals surface area contributed by atoms with Crippen molar-refractivity contribution >= 4 is 45.9 Å². The first kappa shape index (κ1) is 42.8. The van der Waals surface area contributed by atoms with Gasteiger partial charge in [-0.3, -0.25) is 9.59 Å². The zero-order valence-electron chi connectivity index (χ0n) is 35.5. The van der Waals surface area contributed by atoms with E-state index in [-0.39, 0.29) is 56.1 Å². The smallest absolute Gasteiger partial charge is 0.408 e. The van der Waals surface area contributed by atoms with Crippen LogP contribution in [0.1, 0.15) is 86.6 Å². The van der Waals surface area contributed by atoms with Crippen molar-refractivity contribution in [3.8, 4) is 11.5 Å². The van der Waals surface area contributed by atoms with Crippen LogP contribution in [0.4, 0.5) is 22.8 Å². The van der Waals surface area contributed by atoms with E-state index in [0.29, 0.717) is 52.0 Å². The predicted octanol–water partition coefficient (Wildman–Crippen LogP) is 7.40. The number of hydrogen-bond acceptors (Lipinski definition) is 7. The Morgan fingerprint density at radius 3 is 2.07 bits per heavy atom. The minimum atomic E-state index is -1.33. The van der Waals surface area contributed by atoms with E-state index in [1.807, 2.05) is 16.4 Å². The number of nitrogens with one attached hydrogen (secondary N) is 3. The molecule has 2 aromatic carbocycles. The van der Waals surface area contributed by atoms with Crippen molar-refractivity contribution in [3.05, 3.63) is 53.6 Å². The minimum absolute atomic E-state index is 0.0295. The molecule has 324 valence electrons. The second kappa shape index (κ2) is 16.3. The first-order valence-corrected chi connectivity index (χ1v) is 20.9. The Bertz CT molecular complexity index is 2300. The maximum atomic E-state index is 15.4. The number of amides is 4. The van der Waals surface area contributed by atoms with Crippen molar-refractivity contribution in [1.82, 2.24) is 35.0 Å². The molecule has 7 atom stereocenters. The highest BCUT2D eigenvalue weighted by Crippen LogP contribution is 2.51. The van der Waals surface area contributed by atoms with Crippen molar-refractivity contribution in [3.63, 3.8) is 0 Å². The summed E-state index contributed by atoms with van der Waals surface area (Å²) in [6.07, 6.45) is -1.06. The molecule has 1 aliphatic carbocycles. The number of aromatic amines is 1. The molecule has 3 fully saturated rings. The number of alkyl carbamates (subject to hydrolysis) is 2. The van der Waals surface area contributed by atoms with Crippen molar-refractivity contribution in [2.75, 3.05) is 13.1 Å². The summed E-state index contributed by atoms with van der Waals surface area (Å²) in [5, 5.41) is 6.05. The van der Waals surface area contributed by atoms with Gasteiger partial charge in [-0.15, -0.1) is 0 Å². The number of carbonyl (C=O) groups excluding carboxylic acids is 4. The zero-order chi connectivity index (χ0) is 43.4. The van der Waals surface area contributed by atoms with Gasteiger partial charge in [0.2, 0.25) is 11.8 Å². The third-order valence-corrected chi connectivity index (χ3v) is 11.6. The first-order chi connectivity index (χ1) is 28.2.